The molecule has 0 aromatic heterocycles. The highest BCUT2D eigenvalue weighted by atomic mass is 16.5. The topological polar surface area (TPSA) is 122 Å². The molecule has 1 saturated heterocycles. The molecule has 1 aromatic rings. The Morgan fingerprint density at radius 2 is 1.70 bits per heavy atom. The van der Waals surface area contributed by atoms with Gasteiger partial charge in [-0.3, -0.25) is 4.79 Å². The maximum absolute atomic E-state index is 12.5. The molecule has 1 aliphatic heterocycles. The Labute approximate surface area is 156 Å². The molecule has 3 rings (SSSR count). The van der Waals surface area contributed by atoms with Crippen molar-refractivity contribution >= 4 is 29.2 Å². The van der Waals surface area contributed by atoms with Crippen LogP contribution in [0.15, 0.2) is 30.4 Å². The Balaban J connectivity index is 1.79. The summed E-state index contributed by atoms with van der Waals surface area (Å²) in [6.45, 7) is 2.14. The van der Waals surface area contributed by atoms with Crippen LogP contribution in [0.25, 0.3) is 0 Å². The summed E-state index contributed by atoms with van der Waals surface area (Å²) in [4.78, 5) is 37.2. The smallest absolute Gasteiger partial charge is 0.228 e. The summed E-state index contributed by atoms with van der Waals surface area (Å²) in [5.74, 6) is -4.75. The molecule has 1 aromatic carbocycles. The molecule has 1 fully saturated rings. The molecule has 2 atom stereocenters. The largest absolute Gasteiger partial charge is 0.550 e. The van der Waals surface area contributed by atoms with Crippen LogP contribution in [-0.4, -0.2) is 44.1 Å². The van der Waals surface area contributed by atoms with Crippen LogP contribution in [0.3, 0.4) is 0 Å². The van der Waals surface area contributed by atoms with Gasteiger partial charge < -0.3 is 34.8 Å². The molecule has 0 saturated carbocycles. The van der Waals surface area contributed by atoms with Crippen LogP contribution in [0.5, 0.6) is 0 Å². The summed E-state index contributed by atoms with van der Waals surface area (Å²) in [6, 6.07) is 4.55. The third-order valence-corrected chi connectivity index (χ3v) is 4.91. The van der Waals surface area contributed by atoms with Gasteiger partial charge in [-0.25, -0.2) is 0 Å². The van der Waals surface area contributed by atoms with Crippen molar-refractivity contribution in [2.24, 2.45) is 11.8 Å². The fourth-order valence-electron chi connectivity index (χ4n) is 3.46. The monoisotopic (exact) mass is 372 g/mol. The third kappa shape index (κ3) is 4.28. The molecule has 0 bridgehead atoms. The Bertz CT molecular complexity index is 769. The van der Waals surface area contributed by atoms with Gasteiger partial charge in [0, 0.05) is 41.9 Å². The number of carboxylic acid groups (broad SMARTS) is 2. The molecule has 1 amide bonds. The maximum atomic E-state index is 12.5. The van der Waals surface area contributed by atoms with Crippen LogP contribution >= 0.6 is 0 Å². The lowest BCUT2D eigenvalue weighted by Gasteiger charge is -2.31. The lowest BCUT2D eigenvalue weighted by Crippen LogP contribution is -2.41. The number of rotatable bonds is 5. The lowest BCUT2D eigenvalue weighted by molar-refractivity contribution is -0.313. The highest BCUT2D eigenvalue weighted by molar-refractivity contribution is 5.99. The number of anilines is 2. The van der Waals surface area contributed by atoms with E-state index in [-0.39, 0.29) is 17.7 Å². The van der Waals surface area contributed by atoms with Crippen molar-refractivity contribution in [2.75, 3.05) is 36.5 Å². The van der Waals surface area contributed by atoms with Crippen LogP contribution in [0.1, 0.15) is 23.2 Å². The number of amides is 1. The second kappa shape index (κ2) is 8.22. The molecule has 8 heteroatoms. The van der Waals surface area contributed by atoms with Crippen molar-refractivity contribution in [2.45, 2.75) is 12.8 Å². The van der Waals surface area contributed by atoms with E-state index in [9.17, 15) is 24.6 Å². The number of ether oxygens (including phenoxy) is 1. The van der Waals surface area contributed by atoms with Crippen molar-refractivity contribution in [1.82, 2.24) is 0 Å². The van der Waals surface area contributed by atoms with Gasteiger partial charge in [-0.05, 0) is 31.0 Å². The Kier molecular flexibility index (Phi) is 5.75. The highest BCUT2D eigenvalue weighted by Gasteiger charge is 2.30. The summed E-state index contributed by atoms with van der Waals surface area (Å²) in [5, 5.41) is 25.5. The standard InChI is InChI=1S/C19H22N2O6/c22-17(13-3-1-2-4-14(13)18(23)24)20-12-5-6-16(15(11-12)19(25)26)21-7-9-27-10-8-21/h1-2,5-6,11,13-14H,3-4,7-10H2,(H,20,22)(H,23,24)(H,25,26)/p-2/t13-,14-/m0/s1. The molecule has 27 heavy (non-hydrogen) atoms. The molecular weight excluding hydrogens is 352 g/mol. The SMILES string of the molecule is O=C([O-])c1cc(NC(=O)[C@H]2CC=CC[C@@H]2C(=O)[O-])ccc1N1CCOCC1. The molecular formula is C19H20N2O6-2. The van der Waals surface area contributed by atoms with Crippen molar-refractivity contribution in [3.63, 3.8) is 0 Å². The van der Waals surface area contributed by atoms with E-state index < -0.39 is 29.7 Å². The minimum absolute atomic E-state index is 0.0327. The van der Waals surface area contributed by atoms with Gasteiger partial charge in [-0.1, -0.05) is 12.2 Å². The minimum Gasteiger partial charge on any atom is -0.550 e. The Morgan fingerprint density at radius 3 is 2.33 bits per heavy atom. The average Bonchev–Trinajstić information content (AvgIpc) is 2.68. The number of nitrogens with one attached hydrogen (secondary N) is 1. The fraction of sp³-hybridized carbons (Fsp3) is 0.421. The molecule has 1 N–H and O–H groups in total. The van der Waals surface area contributed by atoms with Crippen molar-refractivity contribution in [1.29, 1.82) is 0 Å². The van der Waals surface area contributed by atoms with E-state index in [0.717, 1.165) is 0 Å². The van der Waals surface area contributed by atoms with Crippen molar-refractivity contribution in [3.8, 4) is 0 Å². The number of allylic oxidation sites excluding steroid dienone is 2. The molecule has 1 aliphatic carbocycles. The van der Waals surface area contributed by atoms with E-state index >= 15 is 0 Å². The summed E-state index contributed by atoms with van der Waals surface area (Å²) in [6.07, 6.45) is 4.01. The van der Waals surface area contributed by atoms with E-state index in [2.05, 4.69) is 5.32 Å². The predicted octanol–water partition coefficient (Wildman–Crippen LogP) is -0.842. The number of carbonyl (C=O) groups excluding carboxylic acids is 3. The number of carbonyl (C=O) groups is 3. The zero-order valence-corrected chi connectivity index (χ0v) is 14.7. The van der Waals surface area contributed by atoms with Crippen molar-refractivity contribution in [3.05, 3.63) is 35.9 Å². The Hall–Kier alpha value is -2.87. The van der Waals surface area contributed by atoms with E-state index in [1.165, 1.54) is 6.07 Å². The van der Waals surface area contributed by atoms with Crippen molar-refractivity contribution < 1.29 is 29.3 Å². The number of morpholine rings is 1. The lowest BCUT2D eigenvalue weighted by atomic mass is 9.82. The van der Waals surface area contributed by atoms with Gasteiger partial charge in [0.1, 0.15) is 0 Å². The number of carboxylic acids is 2. The molecule has 0 spiro atoms. The number of hydrogen-bond donors (Lipinski definition) is 1. The van der Waals surface area contributed by atoms with Gasteiger partial charge >= 0.3 is 0 Å². The first-order valence-electron chi connectivity index (χ1n) is 8.82. The van der Waals surface area contributed by atoms with Gasteiger partial charge in [0.15, 0.2) is 0 Å². The number of benzene rings is 1. The summed E-state index contributed by atoms with van der Waals surface area (Å²) in [7, 11) is 0. The molecule has 2 aliphatic rings. The first-order chi connectivity index (χ1) is 13.0. The van der Waals surface area contributed by atoms with E-state index in [4.69, 9.17) is 4.74 Å². The number of hydrogen-bond acceptors (Lipinski definition) is 7. The van der Waals surface area contributed by atoms with E-state index in [1.807, 2.05) is 4.90 Å². The summed E-state index contributed by atoms with van der Waals surface area (Å²) in [5.41, 5.74) is 0.752. The normalized spacial score (nSPS) is 22.3. The summed E-state index contributed by atoms with van der Waals surface area (Å²) >= 11 is 0. The van der Waals surface area contributed by atoms with Gasteiger partial charge in [-0.2, -0.15) is 0 Å². The van der Waals surface area contributed by atoms with Crippen LogP contribution in [0.4, 0.5) is 11.4 Å². The van der Waals surface area contributed by atoms with E-state index in [0.29, 0.717) is 38.4 Å². The fourth-order valence-corrected chi connectivity index (χ4v) is 3.46. The predicted molar refractivity (Wildman–Crippen MR) is 92.8 cm³/mol. The second-order valence-corrected chi connectivity index (χ2v) is 6.58. The van der Waals surface area contributed by atoms with Gasteiger partial charge in [0.2, 0.25) is 5.91 Å². The average molecular weight is 372 g/mol. The van der Waals surface area contributed by atoms with Crippen LogP contribution < -0.4 is 20.4 Å². The number of nitrogens with zero attached hydrogens (tertiary/aromatic N) is 1. The second-order valence-electron chi connectivity index (χ2n) is 6.58. The van der Waals surface area contributed by atoms with E-state index in [1.54, 1.807) is 24.3 Å². The molecule has 8 nitrogen and oxygen atoms in total. The molecule has 1 heterocycles. The number of aliphatic carboxylic acids is 1. The third-order valence-electron chi connectivity index (χ3n) is 4.91. The van der Waals surface area contributed by atoms with Gasteiger partial charge in [0.25, 0.3) is 0 Å². The zero-order chi connectivity index (χ0) is 19.4. The molecule has 144 valence electrons. The van der Waals surface area contributed by atoms with Gasteiger partial charge in [-0.15, -0.1) is 0 Å². The molecule has 0 unspecified atom stereocenters. The first kappa shape index (κ1) is 18.9. The molecule has 0 radical (unpaired) electrons. The van der Waals surface area contributed by atoms with Crippen LogP contribution in [0.2, 0.25) is 0 Å². The zero-order valence-electron chi connectivity index (χ0n) is 14.7. The maximum Gasteiger partial charge on any atom is 0.228 e. The Morgan fingerprint density at radius 1 is 1.04 bits per heavy atom. The first-order valence-corrected chi connectivity index (χ1v) is 8.82. The number of aromatic carboxylic acids is 1. The quantitative estimate of drug-likeness (QED) is 0.669. The van der Waals surface area contributed by atoms with Gasteiger partial charge in [0.05, 0.1) is 25.1 Å². The summed E-state index contributed by atoms with van der Waals surface area (Å²) < 4.78 is 5.27. The van der Waals surface area contributed by atoms with Crippen LogP contribution in [0, 0.1) is 11.8 Å². The van der Waals surface area contributed by atoms with Crippen LogP contribution in [-0.2, 0) is 14.3 Å². The minimum atomic E-state index is -1.35. The highest BCUT2D eigenvalue weighted by Crippen LogP contribution is 2.28.